The first-order chi connectivity index (χ1) is 15.1. The molecule has 8 heteroatoms. The molecule has 1 saturated heterocycles. The van der Waals surface area contributed by atoms with Crippen LogP contribution in [0.1, 0.15) is 45.6 Å². The molecule has 2 aromatic rings. The Hall–Kier alpha value is -2.87. The van der Waals surface area contributed by atoms with Crippen LogP contribution in [-0.2, 0) is 24.3 Å². The minimum absolute atomic E-state index is 0.0506. The van der Waals surface area contributed by atoms with Gasteiger partial charge in [-0.25, -0.2) is 4.79 Å². The van der Waals surface area contributed by atoms with Crippen molar-refractivity contribution in [1.29, 1.82) is 0 Å². The van der Waals surface area contributed by atoms with Crippen molar-refractivity contribution in [2.75, 3.05) is 26.2 Å². The van der Waals surface area contributed by atoms with Crippen molar-refractivity contribution in [2.45, 2.75) is 38.8 Å². The highest BCUT2D eigenvalue weighted by molar-refractivity contribution is 7.10. The van der Waals surface area contributed by atoms with Gasteiger partial charge in [0.05, 0.1) is 0 Å². The molecule has 0 aliphatic carbocycles. The third-order valence-electron chi connectivity index (χ3n) is 5.81. The van der Waals surface area contributed by atoms with Crippen LogP contribution in [0.25, 0.3) is 0 Å². The summed E-state index contributed by atoms with van der Waals surface area (Å²) < 4.78 is 0. The van der Waals surface area contributed by atoms with Crippen molar-refractivity contribution in [1.82, 2.24) is 20.4 Å². The van der Waals surface area contributed by atoms with E-state index >= 15 is 0 Å². The molecule has 164 valence electrons. The molecule has 0 spiro atoms. The summed E-state index contributed by atoms with van der Waals surface area (Å²) in [5.41, 5.74) is 2.76. The summed E-state index contributed by atoms with van der Waals surface area (Å²) in [6.45, 7) is 3.66. The van der Waals surface area contributed by atoms with Crippen LogP contribution < -0.4 is 10.6 Å². The van der Waals surface area contributed by atoms with Gasteiger partial charge >= 0.3 is 6.03 Å². The van der Waals surface area contributed by atoms with E-state index in [1.165, 1.54) is 10.4 Å². The maximum absolute atomic E-state index is 12.5. The highest BCUT2D eigenvalue weighted by Gasteiger charge is 2.21. The number of likely N-dealkylation sites (tertiary alicyclic amines) is 1. The molecule has 3 heterocycles. The number of amides is 4. The van der Waals surface area contributed by atoms with Crippen molar-refractivity contribution in [2.24, 2.45) is 0 Å². The lowest BCUT2D eigenvalue weighted by molar-refractivity contribution is -0.131. The van der Waals surface area contributed by atoms with Crippen LogP contribution in [0.3, 0.4) is 0 Å². The van der Waals surface area contributed by atoms with Crippen LogP contribution in [-0.4, -0.2) is 53.8 Å². The standard InChI is InChI=1S/C23H28N4O3S/c28-21(27-12-7-20-19(16-27)8-13-31-20)6-9-24-23(30)25-15-17-4-3-5-18(14-17)22(29)26-10-1-2-11-26/h3-5,8,13-14H,1-2,6-7,9-12,15-16H2,(H2,24,25,30). The zero-order chi connectivity index (χ0) is 21.6. The fourth-order valence-electron chi connectivity index (χ4n) is 4.06. The van der Waals surface area contributed by atoms with E-state index in [1.807, 2.05) is 34.1 Å². The Bertz CT molecular complexity index is 952. The van der Waals surface area contributed by atoms with E-state index in [0.29, 0.717) is 25.2 Å². The number of hydrogen-bond donors (Lipinski definition) is 2. The van der Waals surface area contributed by atoms with Crippen LogP contribution >= 0.6 is 11.3 Å². The molecular formula is C23H28N4O3S. The minimum Gasteiger partial charge on any atom is -0.339 e. The topological polar surface area (TPSA) is 81.8 Å². The Morgan fingerprint density at radius 1 is 1.00 bits per heavy atom. The maximum atomic E-state index is 12.5. The summed E-state index contributed by atoms with van der Waals surface area (Å²) in [6.07, 6.45) is 3.31. The highest BCUT2D eigenvalue weighted by Crippen LogP contribution is 2.24. The maximum Gasteiger partial charge on any atom is 0.315 e. The minimum atomic E-state index is -0.317. The van der Waals surface area contributed by atoms with Crippen molar-refractivity contribution < 1.29 is 14.4 Å². The van der Waals surface area contributed by atoms with Crippen LogP contribution in [0.4, 0.5) is 4.79 Å². The van der Waals surface area contributed by atoms with E-state index in [0.717, 1.165) is 44.5 Å². The Balaban J connectivity index is 1.18. The Kier molecular flexibility index (Phi) is 6.86. The zero-order valence-corrected chi connectivity index (χ0v) is 18.4. The monoisotopic (exact) mass is 440 g/mol. The van der Waals surface area contributed by atoms with E-state index < -0.39 is 0 Å². The van der Waals surface area contributed by atoms with Gasteiger partial charge in [0.2, 0.25) is 5.91 Å². The average molecular weight is 441 g/mol. The fraction of sp³-hybridized carbons (Fsp3) is 0.435. The quantitative estimate of drug-likeness (QED) is 0.725. The van der Waals surface area contributed by atoms with Crippen LogP contribution in [0.2, 0.25) is 0 Å². The number of urea groups is 1. The number of benzene rings is 1. The number of fused-ring (bicyclic) bond motifs is 1. The first-order valence-electron chi connectivity index (χ1n) is 10.8. The SMILES string of the molecule is O=C(NCCC(=O)N1CCc2sccc2C1)NCc1cccc(C(=O)N2CCCC2)c1. The number of rotatable bonds is 6. The predicted molar refractivity (Wildman–Crippen MR) is 120 cm³/mol. The number of nitrogens with one attached hydrogen (secondary N) is 2. The van der Waals surface area contributed by atoms with Gasteiger partial charge in [0.25, 0.3) is 5.91 Å². The molecule has 4 rings (SSSR count). The molecule has 1 aromatic heterocycles. The molecule has 7 nitrogen and oxygen atoms in total. The molecule has 1 fully saturated rings. The summed E-state index contributed by atoms with van der Waals surface area (Å²) in [5.74, 6) is 0.111. The van der Waals surface area contributed by atoms with Crippen molar-refractivity contribution in [3.63, 3.8) is 0 Å². The summed E-state index contributed by atoms with van der Waals surface area (Å²) >= 11 is 1.75. The number of carbonyl (C=O) groups excluding carboxylic acids is 3. The van der Waals surface area contributed by atoms with Gasteiger partial charge in [0.1, 0.15) is 0 Å². The summed E-state index contributed by atoms with van der Waals surface area (Å²) in [6, 6.07) is 9.14. The summed E-state index contributed by atoms with van der Waals surface area (Å²) in [7, 11) is 0. The van der Waals surface area contributed by atoms with Gasteiger partial charge < -0.3 is 20.4 Å². The molecule has 0 radical (unpaired) electrons. The smallest absolute Gasteiger partial charge is 0.315 e. The van der Waals surface area contributed by atoms with Gasteiger partial charge in [-0.15, -0.1) is 11.3 Å². The lowest BCUT2D eigenvalue weighted by Crippen LogP contribution is -2.40. The number of hydrogen-bond acceptors (Lipinski definition) is 4. The van der Waals surface area contributed by atoms with Gasteiger partial charge in [-0.2, -0.15) is 0 Å². The summed E-state index contributed by atoms with van der Waals surface area (Å²) in [4.78, 5) is 42.1. The number of thiophene rings is 1. The van der Waals surface area contributed by atoms with E-state index in [9.17, 15) is 14.4 Å². The van der Waals surface area contributed by atoms with Gasteiger partial charge in [0, 0.05) is 56.1 Å². The van der Waals surface area contributed by atoms with Crippen molar-refractivity contribution in [3.8, 4) is 0 Å². The average Bonchev–Trinajstić information content (AvgIpc) is 3.49. The second kappa shape index (κ2) is 9.96. The van der Waals surface area contributed by atoms with E-state index in [4.69, 9.17) is 0 Å². The zero-order valence-electron chi connectivity index (χ0n) is 17.6. The second-order valence-electron chi connectivity index (χ2n) is 7.99. The number of nitrogens with zero attached hydrogens (tertiary/aromatic N) is 2. The van der Waals surface area contributed by atoms with Gasteiger partial charge in [0.15, 0.2) is 0 Å². The Morgan fingerprint density at radius 3 is 2.68 bits per heavy atom. The first kappa shape index (κ1) is 21.4. The Labute approximate surface area is 186 Å². The molecule has 0 bridgehead atoms. The number of carbonyl (C=O) groups is 3. The van der Waals surface area contributed by atoms with Crippen molar-refractivity contribution >= 4 is 29.2 Å². The van der Waals surface area contributed by atoms with Gasteiger partial charge in [-0.1, -0.05) is 12.1 Å². The lowest BCUT2D eigenvalue weighted by atomic mass is 10.1. The van der Waals surface area contributed by atoms with Crippen LogP contribution in [0.15, 0.2) is 35.7 Å². The molecule has 0 saturated carbocycles. The van der Waals surface area contributed by atoms with E-state index in [2.05, 4.69) is 22.1 Å². The fourth-order valence-corrected chi connectivity index (χ4v) is 4.95. The molecule has 2 aliphatic rings. The molecular weight excluding hydrogens is 412 g/mol. The van der Waals surface area contributed by atoms with Crippen LogP contribution in [0, 0.1) is 0 Å². The third kappa shape index (κ3) is 5.44. The third-order valence-corrected chi connectivity index (χ3v) is 6.83. The van der Waals surface area contributed by atoms with E-state index in [-0.39, 0.29) is 24.3 Å². The molecule has 4 amide bonds. The molecule has 0 atom stereocenters. The second-order valence-corrected chi connectivity index (χ2v) is 8.99. The van der Waals surface area contributed by atoms with Gasteiger partial charge in [-0.05, 0) is 54.0 Å². The normalized spacial score (nSPS) is 15.5. The highest BCUT2D eigenvalue weighted by atomic mass is 32.1. The molecule has 0 unspecified atom stereocenters. The largest absolute Gasteiger partial charge is 0.339 e. The predicted octanol–water partition coefficient (Wildman–Crippen LogP) is 2.76. The van der Waals surface area contributed by atoms with Gasteiger partial charge in [-0.3, -0.25) is 9.59 Å². The molecule has 2 N–H and O–H groups in total. The lowest BCUT2D eigenvalue weighted by Gasteiger charge is -2.27. The van der Waals surface area contributed by atoms with Crippen molar-refractivity contribution in [3.05, 3.63) is 57.3 Å². The molecule has 2 aliphatic heterocycles. The molecule has 31 heavy (non-hydrogen) atoms. The Morgan fingerprint density at radius 2 is 1.84 bits per heavy atom. The van der Waals surface area contributed by atoms with Crippen LogP contribution in [0.5, 0.6) is 0 Å². The first-order valence-corrected chi connectivity index (χ1v) is 11.7. The summed E-state index contributed by atoms with van der Waals surface area (Å²) in [5, 5.41) is 7.62. The molecule has 1 aromatic carbocycles. The van der Waals surface area contributed by atoms with E-state index in [1.54, 1.807) is 11.3 Å².